The van der Waals surface area contributed by atoms with Gasteiger partial charge < -0.3 is 10.2 Å². The zero-order chi connectivity index (χ0) is 15.1. The van der Waals surface area contributed by atoms with E-state index in [2.05, 4.69) is 23.0 Å². The number of nitrogens with zero attached hydrogens (tertiary/aromatic N) is 1. The maximum absolute atomic E-state index is 12.8. The second kappa shape index (κ2) is 5.44. The molecule has 0 spiro atoms. The predicted octanol–water partition coefficient (Wildman–Crippen LogP) is 2.32. The van der Waals surface area contributed by atoms with Gasteiger partial charge in [-0.3, -0.25) is 9.59 Å². The topological polar surface area (TPSA) is 49.4 Å². The molecule has 1 N–H and O–H groups in total. The molecule has 2 atom stereocenters. The van der Waals surface area contributed by atoms with Crippen LogP contribution in [0.3, 0.4) is 0 Å². The molecule has 2 aliphatic rings. The van der Waals surface area contributed by atoms with Crippen LogP contribution in [0.1, 0.15) is 37.8 Å². The fourth-order valence-corrected chi connectivity index (χ4v) is 3.93. The highest BCUT2D eigenvalue weighted by Gasteiger charge is 2.47. The number of carbonyl (C=O) groups is 2. The summed E-state index contributed by atoms with van der Waals surface area (Å²) in [6.07, 6.45) is 2.10. The van der Waals surface area contributed by atoms with E-state index in [9.17, 15) is 9.59 Å². The van der Waals surface area contributed by atoms with Crippen molar-refractivity contribution in [2.75, 3.05) is 0 Å². The minimum absolute atomic E-state index is 0.00869. The second-order valence-electron chi connectivity index (χ2n) is 6.56. The molecule has 0 bridgehead atoms. The molecule has 1 aliphatic carbocycles. The Hall–Kier alpha value is -1.36. The fourth-order valence-electron chi connectivity index (χ4n) is 3.08. The lowest BCUT2D eigenvalue weighted by Gasteiger charge is -2.41. The van der Waals surface area contributed by atoms with E-state index in [1.165, 1.54) is 5.56 Å². The Morgan fingerprint density at radius 2 is 2.05 bits per heavy atom. The van der Waals surface area contributed by atoms with E-state index >= 15 is 0 Å². The van der Waals surface area contributed by atoms with Gasteiger partial charge in [0.05, 0.1) is 0 Å². The lowest BCUT2D eigenvalue weighted by atomic mass is 9.95. The summed E-state index contributed by atoms with van der Waals surface area (Å²) in [5.74, 6) is 0.574. The van der Waals surface area contributed by atoms with Crippen molar-refractivity contribution in [3.63, 3.8) is 0 Å². The van der Waals surface area contributed by atoms with Crippen molar-refractivity contribution in [3.05, 3.63) is 21.9 Å². The van der Waals surface area contributed by atoms with Crippen molar-refractivity contribution in [2.24, 2.45) is 11.8 Å². The van der Waals surface area contributed by atoms with E-state index in [4.69, 9.17) is 0 Å². The summed E-state index contributed by atoms with van der Waals surface area (Å²) >= 11 is 1.65. The molecule has 5 heteroatoms. The van der Waals surface area contributed by atoms with E-state index in [1.54, 1.807) is 11.3 Å². The van der Waals surface area contributed by atoms with Gasteiger partial charge in [0.1, 0.15) is 12.1 Å². The van der Waals surface area contributed by atoms with Gasteiger partial charge in [0.2, 0.25) is 11.8 Å². The first-order valence-electron chi connectivity index (χ1n) is 7.61. The first-order valence-corrected chi connectivity index (χ1v) is 8.56. The molecular weight excluding hydrogens is 284 g/mol. The van der Waals surface area contributed by atoms with Crippen LogP contribution in [0, 0.1) is 18.8 Å². The third kappa shape index (κ3) is 2.71. The van der Waals surface area contributed by atoms with Crippen molar-refractivity contribution in [1.82, 2.24) is 10.2 Å². The molecule has 1 aromatic rings. The summed E-state index contributed by atoms with van der Waals surface area (Å²) in [6.45, 7) is 6.61. The number of rotatable bonds is 4. The van der Waals surface area contributed by atoms with Crippen LogP contribution in [-0.2, 0) is 16.1 Å². The van der Waals surface area contributed by atoms with Gasteiger partial charge in [0.25, 0.3) is 0 Å². The number of aryl methyl sites for hydroxylation is 1. The maximum Gasteiger partial charge on any atom is 0.246 e. The Labute approximate surface area is 129 Å². The molecule has 2 unspecified atom stereocenters. The molecule has 0 radical (unpaired) electrons. The van der Waals surface area contributed by atoms with Crippen molar-refractivity contribution in [1.29, 1.82) is 0 Å². The Kier molecular flexibility index (Phi) is 3.78. The number of piperazine rings is 1. The number of hydrogen-bond acceptors (Lipinski definition) is 3. The molecule has 2 heterocycles. The van der Waals surface area contributed by atoms with Crippen molar-refractivity contribution < 1.29 is 9.59 Å². The molecule has 114 valence electrons. The van der Waals surface area contributed by atoms with Crippen LogP contribution in [0.5, 0.6) is 0 Å². The summed E-state index contributed by atoms with van der Waals surface area (Å²) in [7, 11) is 0. The quantitative estimate of drug-likeness (QED) is 0.928. The maximum atomic E-state index is 12.8. The largest absolute Gasteiger partial charge is 0.342 e. The number of thiophene rings is 1. The van der Waals surface area contributed by atoms with E-state index in [0.717, 1.165) is 18.4 Å². The van der Waals surface area contributed by atoms with Crippen LogP contribution in [0.2, 0.25) is 0 Å². The zero-order valence-electron chi connectivity index (χ0n) is 12.8. The van der Waals surface area contributed by atoms with Crippen LogP contribution >= 0.6 is 11.3 Å². The third-order valence-corrected chi connectivity index (χ3v) is 5.39. The lowest BCUT2D eigenvalue weighted by Crippen LogP contribution is -2.65. The lowest BCUT2D eigenvalue weighted by molar-refractivity contribution is -0.152. The van der Waals surface area contributed by atoms with E-state index in [-0.39, 0.29) is 29.8 Å². The highest BCUT2D eigenvalue weighted by molar-refractivity contribution is 7.08. The standard InChI is InChI=1S/C16H22N2O2S/c1-9(2)14-15(19)17-13(11-4-5-11)16(20)18(14)6-12-8-21-7-10(12)3/h7-9,11,13-14H,4-6H2,1-3H3,(H,17,19). The Morgan fingerprint density at radius 3 is 2.57 bits per heavy atom. The third-order valence-electron chi connectivity index (χ3n) is 4.48. The molecular formula is C16H22N2O2S. The van der Waals surface area contributed by atoms with Crippen LogP contribution < -0.4 is 5.32 Å². The molecule has 2 amide bonds. The number of amides is 2. The van der Waals surface area contributed by atoms with Crippen LogP contribution in [0.4, 0.5) is 0 Å². The fraction of sp³-hybridized carbons (Fsp3) is 0.625. The van der Waals surface area contributed by atoms with Crippen molar-refractivity contribution in [3.8, 4) is 0 Å². The van der Waals surface area contributed by atoms with Gasteiger partial charge in [-0.2, -0.15) is 11.3 Å². The SMILES string of the molecule is Cc1cscc1CN1C(=O)C(C2CC2)NC(=O)C1C(C)C. The molecule has 2 fully saturated rings. The first kappa shape index (κ1) is 14.6. The van der Waals surface area contributed by atoms with Gasteiger partial charge in [-0.05, 0) is 53.5 Å². The summed E-state index contributed by atoms with van der Waals surface area (Å²) in [6, 6.07) is -0.654. The monoisotopic (exact) mass is 306 g/mol. The van der Waals surface area contributed by atoms with Gasteiger partial charge in [0.15, 0.2) is 0 Å². The van der Waals surface area contributed by atoms with Crippen LogP contribution in [-0.4, -0.2) is 28.8 Å². The van der Waals surface area contributed by atoms with Gasteiger partial charge in [-0.25, -0.2) is 0 Å². The normalized spacial score (nSPS) is 26.4. The molecule has 1 aromatic heterocycles. The van der Waals surface area contributed by atoms with Gasteiger partial charge in [-0.1, -0.05) is 13.8 Å². The minimum atomic E-state index is -0.355. The highest BCUT2D eigenvalue weighted by Crippen LogP contribution is 2.36. The average Bonchev–Trinajstić information content (AvgIpc) is 3.18. The number of carbonyl (C=O) groups excluding carboxylic acids is 2. The average molecular weight is 306 g/mol. The summed E-state index contributed by atoms with van der Waals surface area (Å²) < 4.78 is 0. The smallest absolute Gasteiger partial charge is 0.246 e. The molecule has 0 aromatic carbocycles. The van der Waals surface area contributed by atoms with Crippen LogP contribution in [0.25, 0.3) is 0 Å². The van der Waals surface area contributed by atoms with Gasteiger partial charge in [0, 0.05) is 6.54 Å². The van der Waals surface area contributed by atoms with Gasteiger partial charge >= 0.3 is 0 Å². The highest BCUT2D eigenvalue weighted by atomic mass is 32.1. The molecule has 3 rings (SSSR count). The van der Waals surface area contributed by atoms with Crippen molar-refractivity contribution >= 4 is 23.2 Å². The van der Waals surface area contributed by atoms with E-state index < -0.39 is 0 Å². The molecule has 21 heavy (non-hydrogen) atoms. The minimum Gasteiger partial charge on any atom is -0.342 e. The number of nitrogens with one attached hydrogen (secondary N) is 1. The second-order valence-corrected chi connectivity index (χ2v) is 7.30. The summed E-state index contributed by atoms with van der Waals surface area (Å²) in [5, 5.41) is 7.13. The predicted molar refractivity (Wildman–Crippen MR) is 82.9 cm³/mol. The summed E-state index contributed by atoms with van der Waals surface area (Å²) in [5.41, 5.74) is 2.35. The molecule has 1 saturated heterocycles. The van der Waals surface area contributed by atoms with Crippen LogP contribution in [0.15, 0.2) is 10.8 Å². The first-order chi connectivity index (χ1) is 9.99. The molecule has 4 nitrogen and oxygen atoms in total. The number of hydrogen-bond donors (Lipinski definition) is 1. The Morgan fingerprint density at radius 1 is 1.33 bits per heavy atom. The molecule has 1 aliphatic heterocycles. The van der Waals surface area contributed by atoms with E-state index in [0.29, 0.717) is 12.5 Å². The Bertz CT molecular complexity index is 562. The molecule has 1 saturated carbocycles. The zero-order valence-corrected chi connectivity index (χ0v) is 13.6. The summed E-state index contributed by atoms with van der Waals surface area (Å²) in [4.78, 5) is 27.1. The van der Waals surface area contributed by atoms with Crippen molar-refractivity contribution in [2.45, 2.75) is 52.2 Å². The van der Waals surface area contributed by atoms with Gasteiger partial charge in [-0.15, -0.1) is 0 Å². The van der Waals surface area contributed by atoms with E-state index in [1.807, 2.05) is 18.7 Å². The Balaban J connectivity index is 1.88.